The smallest absolute Gasteiger partial charge is 0.542 e. The van der Waals surface area contributed by atoms with Gasteiger partial charge in [0.05, 0.1) is 0 Å². The van der Waals surface area contributed by atoms with Crippen molar-refractivity contribution in [2.24, 2.45) is 11.5 Å². The zero-order chi connectivity index (χ0) is 16.3. The van der Waals surface area contributed by atoms with E-state index in [1.165, 1.54) is 12.8 Å². The van der Waals surface area contributed by atoms with Gasteiger partial charge >= 0.3 is 21.1 Å². The third kappa shape index (κ3) is 16.8. The number of rotatable bonds is 2. The van der Waals surface area contributed by atoms with Crippen molar-refractivity contribution >= 4 is 23.5 Å². The van der Waals surface area contributed by atoms with Crippen LogP contribution in [0.5, 0.6) is 0 Å². The second kappa shape index (κ2) is 13.9. The summed E-state index contributed by atoms with van der Waals surface area (Å²) in [5.74, 6) is -5.13. The van der Waals surface area contributed by atoms with Crippen LogP contribution >= 0.6 is 0 Å². The molecule has 0 bridgehead atoms. The van der Waals surface area contributed by atoms with Gasteiger partial charge in [-0.25, -0.2) is 0 Å². The Kier molecular flexibility index (Phi) is 16.4. The van der Waals surface area contributed by atoms with E-state index in [0.717, 1.165) is 26.7 Å². The summed E-state index contributed by atoms with van der Waals surface area (Å²) >= 11 is 0. The largest absolute Gasteiger partial charge is 2.00 e. The number of aliphatic carboxylic acids is 2. The first-order valence-corrected chi connectivity index (χ1v) is 6.04. The van der Waals surface area contributed by atoms with Crippen LogP contribution < -0.4 is 21.7 Å². The standard InChI is InChI=1S/C6H14N2.2C3H4O3.Pt/c7-5-3-1-2-4-6(5)8;2*1-2(4)3(5)6;/h5-6H,1-4,7-8H2;2*1H3,(H,5,6);/q;;;+2/p-2. The van der Waals surface area contributed by atoms with Gasteiger partial charge in [-0.3, -0.25) is 9.59 Å². The number of nitrogens with two attached hydrogens (primary N) is 2. The van der Waals surface area contributed by atoms with E-state index in [2.05, 4.69) is 0 Å². The molecule has 0 aromatic heterocycles. The van der Waals surface area contributed by atoms with E-state index in [0.29, 0.717) is 0 Å². The Labute approximate surface area is 137 Å². The van der Waals surface area contributed by atoms with Crippen molar-refractivity contribution in [1.29, 1.82) is 0 Å². The molecule has 0 aliphatic heterocycles. The average Bonchev–Trinajstić information content (AvgIpc) is 2.34. The third-order valence-corrected chi connectivity index (χ3v) is 2.45. The molecule has 8 nitrogen and oxygen atoms in total. The molecule has 1 aliphatic carbocycles. The van der Waals surface area contributed by atoms with Crippen LogP contribution in [0.15, 0.2) is 0 Å². The Morgan fingerprint density at radius 1 is 0.810 bits per heavy atom. The maximum absolute atomic E-state index is 9.48. The van der Waals surface area contributed by atoms with Gasteiger partial charge in [0.2, 0.25) is 0 Å². The van der Waals surface area contributed by atoms with E-state index in [1.54, 1.807) is 0 Å². The molecule has 1 rings (SSSR count). The summed E-state index contributed by atoms with van der Waals surface area (Å²) in [7, 11) is 0. The molecular weight excluding hydrogens is 463 g/mol. The van der Waals surface area contributed by atoms with Crippen LogP contribution in [0.3, 0.4) is 0 Å². The molecule has 21 heavy (non-hydrogen) atoms. The zero-order valence-corrected chi connectivity index (χ0v) is 14.2. The fraction of sp³-hybridized carbons (Fsp3) is 0.667. The predicted octanol–water partition coefficient (Wildman–Crippen LogP) is -3.14. The number of hydrogen-bond acceptors (Lipinski definition) is 8. The first-order chi connectivity index (χ1) is 9.09. The molecule has 0 saturated heterocycles. The van der Waals surface area contributed by atoms with Gasteiger partial charge in [0, 0.05) is 25.9 Å². The van der Waals surface area contributed by atoms with Crippen molar-refractivity contribution in [3.8, 4) is 0 Å². The molecule has 9 heteroatoms. The van der Waals surface area contributed by atoms with Gasteiger partial charge in [0.15, 0.2) is 11.6 Å². The van der Waals surface area contributed by atoms with Crippen molar-refractivity contribution in [2.45, 2.75) is 51.6 Å². The van der Waals surface area contributed by atoms with E-state index < -0.39 is 23.5 Å². The summed E-state index contributed by atoms with van der Waals surface area (Å²) in [4.78, 5) is 37.4. The van der Waals surface area contributed by atoms with Crippen LogP contribution in [-0.4, -0.2) is 35.6 Å². The Bertz CT molecular complexity index is 304. The number of carbonyl (C=O) groups excluding carboxylic acids is 4. The summed E-state index contributed by atoms with van der Waals surface area (Å²) in [6, 6.07) is 0.562. The van der Waals surface area contributed by atoms with Gasteiger partial charge in [-0.2, -0.15) is 0 Å². The maximum atomic E-state index is 9.48. The van der Waals surface area contributed by atoms with Gasteiger partial charge in [0.25, 0.3) is 0 Å². The molecule has 0 aromatic carbocycles. The molecule has 0 spiro atoms. The summed E-state index contributed by atoms with van der Waals surface area (Å²) in [6.45, 7) is 1.88. The number of carboxylic acid groups (broad SMARTS) is 2. The molecule has 1 saturated carbocycles. The Morgan fingerprint density at radius 2 is 1.00 bits per heavy atom. The van der Waals surface area contributed by atoms with E-state index in [1.807, 2.05) is 0 Å². The van der Waals surface area contributed by atoms with Crippen LogP contribution in [0.25, 0.3) is 0 Å². The molecule has 2 atom stereocenters. The second-order valence-corrected chi connectivity index (χ2v) is 4.30. The molecule has 4 N–H and O–H groups in total. The molecule has 2 unspecified atom stereocenters. The van der Waals surface area contributed by atoms with Crippen LogP contribution in [0, 0.1) is 0 Å². The first-order valence-electron chi connectivity index (χ1n) is 6.04. The minimum absolute atomic E-state index is 0. The van der Waals surface area contributed by atoms with Crippen LogP contribution in [0.4, 0.5) is 0 Å². The topological polar surface area (TPSA) is 166 Å². The fourth-order valence-corrected chi connectivity index (χ4v) is 1.19. The minimum atomic E-state index is -1.63. The average molecular weight is 483 g/mol. The summed E-state index contributed by atoms with van der Waals surface area (Å²) < 4.78 is 0. The fourth-order valence-electron chi connectivity index (χ4n) is 1.19. The van der Waals surface area contributed by atoms with E-state index >= 15 is 0 Å². The molecular formula is C12H20N2O6Pt. The SMILES string of the molecule is CC(=O)C(=O)[O-].CC(=O)C(=O)[O-].NC1CCCCC1N.[Pt+2]. The number of carbonyl (C=O) groups is 4. The monoisotopic (exact) mass is 483 g/mol. The zero-order valence-electron chi connectivity index (χ0n) is 11.9. The summed E-state index contributed by atoms with van der Waals surface area (Å²) in [5, 5.41) is 18.5. The van der Waals surface area contributed by atoms with Gasteiger partial charge in [0.1, 0.15) is 11.9 Å². The summed E-state index contributed by atoms with van der Waals surface area (Å²) in [5.41, 5.74) is 11.3. The predicted molar refractivity (Wildman–Crippen MR) is 65.8 cm³/mol. The first kappa shape index (κ1) is 24.9. The molecule has 1 fully saturated rings. The van der Waals surface area contributed by atoms with Crippen molar-refractivity contribution < 1.29 is 50.5 Å². The van der Waals surface area contributed by atoms with Gasteiger partial charge in [-0.1, -0.05) is 12.8 Å². The van der Waals surface area contributed by atoms with Crippen molar-refractivity contribution in [3.05, 3.63) is 0 Å². The van der Waals surface area contributed by atoms with Crippen molar-refractivity contribution in [1.82, 2.24) is 0 Å². The van der Waals surface area contributed by atoms with E-state index in [-0.39, 0.29) is 33.1 Å². The molecule has 124 valence electrons. The maximum Gasteiger partial charge on any atom is 2.00 e. The number of Topliss-reactive ketones (excluding diaryl/α,β-unsaturated/α-hetero) is 2. The molecule has 0 radical (unpaired) electrons. The molecule has 0 aromatic rings. The van der Waals surface area contributed by atoms with Crippen LogP contribution in [0.2, 0.25) is 0 Å². The number of ketones is 2. The number of hydrogen-bond donors (Lipinski definition) is 2. The van der Waals surface area contributed by atoms with Crippen LogP contribution in [0.1, 0.15) is 39.5 Å². The van der Waals surface area contributed by atoms with Gasteiger partial charge < -0.3 is 31.3 Å². The van der Waals surface area contributed by atoms with Gasteiger partial charge in [-0.15, -0.1) is 0 Å². The third-order valence-electron chi connectivity index (χ3n) is 2.45. The van der Waals surface area contributed by atoms with E-state index in [4.69, 9.17) is 11.5 Å². The Balaban J connectivity index is -0.000000231. The van der Waals surface area contributed by atoms with E-state index in [9.17, 15) is 29.4 Å². The normalized spacial score (nSPS) is 19.4. The Hall–Kier alpha value is -1.11. The summed E-state index contributed by atoms with van der Waals surface area (Å²) in [6.07, 6.45) is 4.80. The molecule has 0 heterocycles. The Morgan fingerprint density at radius 3 is 1.10 bits per heavy atom. The van der Waals surface area contributed by atoms with Crippen molar-refractivity contribution in [3.63, 3.8) is 0 Å². The van der Waals surface area contributed by atoms with Crippen molar-refractivity contribution in [2.75, 3.05) is 0 Å². The second-order valence-electron chi connectivity index (χ2n) is 4.30. The van der Waals surface area contributed by atoms with Gasteiger partial charge in [-0.05, 0) is 12.8 Å². The quantitative estimate of drug-likeness (QED) is 0.389. The van der Waals surface area contributed by atoms with Crippen LogP contribution in [-0.2, 0) is 40.2 Å². The molecule has 1 aliphatic rings. The molecule has 0 amide bonds. The minimum Gasteiger partial charge on any atom is -0.542 e. The number of carboxylic acids is 2.